The molecule has 0 aliphatic carbocycles. The first-order valence-electron chi connectivity index (χ1n) is 7.59. The molecular weight excluding hydrogens is 395 g/mol. The predicted molar refractivity (Wildman–Crippen MR) is 96.9 cm³/mol. The van der Waals surface area contributed by atoms with Crippen molar-refractivity contribution in [1.82, 2.24) is 10.0 Å². The van der Waals surface area contributed by atoms with Gasteiger partial charge in [0.25, 0.3) is 17.4 Å². The topological polar surface area (TPSA) is 96.5 Å². The molecule has 1 aliphatic rings. The van der Waals surface area contributed by atoms with Crippen LogP contribution in [0.3, 0.4) is 0 Å². The molecule has 7 nitrogen and oxygen atoms in total. The highest BCUT2D eigenvalue weighted by Crippen LogP contribution is 2.29. The zero-order valence-electron chi connectivity index (χ0n) is 13.3. The smallest absolute Gasteiger partial charge is 0.324 e. The van der Waals surface area contributed by atoms with E-state index in [1.165, 1.54) is 24.3 Å². The van der Waals surface area contributed by atoms with Crippen LogP contribution in [0.2, 0.25) is 10.0 Å². The van der Waals surface area contributed by atoms with Crippen molar-refractivity contribution in [2.75, 3.05) is 0 Å². The van der Waals surface area contributed by atoms with E-state index in [2.05, 4.69) is 4.98 Å². The molecule has 0 fully saturated rings. The van der Waals surface area contributed by atoms with Crippen LogP contribution in [0.4, 0.5) is 0 Å². The second-order valence-electron chi connectivity index (χ2n) is 5.67. The number of carbonyl (C=O) groups is 3. The van der Waals surface area contributed by atoms with Crippen molar-refractivity contribution in [3.05, 3.63) is 79.6 Å². The predicted octanol–water partition coefficient (Wildman–Crippen LogP) is 3.20. The molecule has 9 heteroatoms. The van der Waals surface area contributed by atoms with Gasteiger partial charge in [-0.1, -0.05) is 46.5 Å². The Morgan fingerprint density at radius 1 is 0.963 bits per heavy atom. The van der Waals surface area contributed by atoms with Gasteiger partial charge in [0.05, 0.1) is 26.7 Å². The summed E-state index contributed by atoms with van der Waals surface area (Å²) in [5, 5.41) is 1.14. The molecule has 1 aromatic heterocycles. The van der Waals surface area contributed by atoms with E-state index >= 15 is 0 Å². The van der Waals surface area contributed by atoms with Gasteiger partial charge < -0.3 is 9.82 Å². The summed E-state index contributed by atoms with van der Waals surface area (Å²) < 4.78 is 0. The SMILES string of the molecule is O=C(ON1C(=O)c2ccccc2C1=O)c1cc2ccc(Cl)c(Cl)c2[nH]c1=O. The number of imide groups is 1. The molecule has 0 unspecified atom stereocenters. The first-order chi connectivity index (χ1) is 12.9. The minimum atomic E-state index is -1.15. The highest BCUT2D eigenvalue weighted by atomic mass is 35.5. The lowest BCUT2D eigenvalue weighted by molar-refractivity contribution is -0.0585. The van der Waals surface area contributed by atoms with Crippen molar-refractivity contribution in [2.45, 2.75) is 0 Å². The van der Waals surface area contributed by atoms with Gasteiger partial charge in [-0.05, 0) is 24.3 Å². The van der Waals surface area contributed by atoms with Crippen molar-refractivity contribution >= 4 is 51.9 Å². The number of aromatic nitrogens is 1. The third-order valence-electron chi connectivity index (χ3n) is 4.06. The number of rotatable bonds is 2. The number of pyridine rings is 1. The average Bonchev–Trinajstić information content (AvgIpc) is 2.90. The summed E-state index contributed by atoms with van der Waals surface area (Å²) in [5.74, 6) is -2.72. The largest absolute Gasteiger partial charge is 0.369 e. The Labute approximate surface area is 161 Å². The number of H-pyrrole nitrogens is 1. The number of nitrogens with zero attached hydrogens (tertiary/aromatic N) is 1. The molecule has 1 N–H and O–H groups in total. The average molecular weight is 403 g/mol. The van der Waals surface area contributed by atoms with Crippen LogP contribution in [0.25, 0.3) is 10.9 Å². The second-order valence-corrected chi connectivity index (χ2v) is 6.45. The quantitative estimate of drug-likeness (QED) is 0.663. The van der Waals surface area contributed by atoms with E-state index in [0.29, 0.717) is 10.4 Å². The van der Waals surface area contributed by atoms with Crippen LogP contribution in [0, 0.1) is 0 Å². The van der Waals surface area contributed by atoms with E-state index in [4.69, 9.17) is 28.0 Å². The monoisotopic (exact) mass is 402 g/mol. The molecule has 27 heavy (non-hydrogen) atoms. The van der Waals surface area contributed by atoms with E-state index < -0.39 is 28.9 Å². The van der Waals surface area contributed by atoms with Crippen LogP contribution in [-0.4, -0.2) is 27.8 Å². The molecule has 4 rings (SSSR count). The number of halogens is 2. The van der Waals surface area contributed by atoms with Crippen molar-refractivity contribution in [2.24, 2.45) is 0 Å². The van der Waals surface area contributed by atoms with E-state index in [0.717, 1.165) is 0 Å². The number of amides is 2. The maximum atomic E-state index is 12.4. The normalized spacial score (nSPS) is 13.2. The van der Waals surface area contributed by atoms with Gasteiger partial charge in [-0.3, -0.25) is 14.4 Å². The van der Waals surface area contributed by atoms with Crippen molar-refractivity contribution in [1.29, 1.82) is 0 Å². The van der Waals surface area contributed by atoms with Crippen LogP contribution >= 0.6 is 23.2 Å². The fourth-order valence-corrected chi connectivity index (χ4v) is 3.13. The van der Waals surface area contributed by atoms with Crippen LogP contribution in [-0.2, 0) is 4.84 Å². The maximum Gasteiger partial charge on any atom is 0.369 e. The first kappa shape index (κ1) is 17.3. The maximum absolute atomic E-state index is 12.4. The molecule has 1 aliphatic heterocycles. The lowest BCUT2D eigenvalue weighted by Crippen LogP contribution is -2.34. The summed E-state index contributed by atoms with van der Waals surface area (Å²) in [6, 6.07) is 10.4. The molecule has 0 spiro atoms. The van der Waals surface area contributed by atoms with Crippen molar-refractivity contribution in [3.8, 4) is 0 Å². The van der Waals surface area contributed by atoms with Crippen molar-refractivity contribution < 1.29 is 19.2 Å². The number of hydroxylamine groups is 2. The summed E-state index contributed by atoms with van der Waals surface area (Å²) in [6.45, 7) is 0. The van der Waals surface area contributed by atoms with Gasteiger partial charge in [-0.2, -0.15) is 0 Å². The molecule has 2 heterocycles. The minimum absolute atomic E-state index is 0.115. The Hall–Kier alpha value is -3.16. The van der Waals surface area contributed by atoms with Crippen LogP contribution in [0.1, 0.15) is 31.1 Å². The van der Waals surface area contributed by atoms with Crippen LogP contribution < -0.4 is 5.56 Å². The molecule has 2 aromatic carbocycles. The molecule has 0 saturated carbocycles. The van der Waals surface area contributed by atoms with E-state index in [1.807, 2.05) is 0 Å². The second kappa shape index (κ2) is 6.22. The summed E-state index contributed by atoms with van der Waals surface area (Å²) >= 11 is 11.9. The van der Waals surface area contributed by atoms with Gasteiger partial charge in [0, 0.05) is 5.39 Å². The lowest BCUT2D eigenvalue weighted by Gasteiger charge is -2.12. The van der Waals surface area contributed by atoms with E-state index in [9.17, 15) is 19.2 Å². The number of aromatic amines is 1. The molecule has 2 amide bonds. The zero-order valence-corrected chi connectivity index (χ0v) is 14.8. The van der Waals surface area contributed by atoms with Gasteiger partial charge in [0.1, 0.15) is 5.56 Å². The minimum Gasteiger partial charge on any atom is -0.324 e. The third-order valence-corrected chi connectivity index (χ3v) is 4.87. The molecular formula is C18H8Cl2N2O5. The number of fused-ring (bicyclic) bond motifs is 2. The first-order valence-corrected chi connectivity index (χ1v) is 8.35. The Morgan fingerprint density at radius 2 is 1.59 bits per heavy atom. The summed E-state index contributed by atoms with van der Waals surface area (Å²) in [6.07, 6.45) is 0. The fourth-order valence-electron chi connectivity index (χ4n) is 2.75. The summed E-state index contributed by atoms with van der Waals surface area (Å²) in [7, 11) is 0. The number of benzene rings is 2. The summed E-state index contributed by atoms with van der Waals surface area (Å²) in [5.41, 5.74) is -0.703. The Balaban J connectivity index is 1.69. The standard InChI is InChI=1S/C18H8Cl2N2O5/c19-12-6-5-8-7-11(15(23)21-14(8)13(12)20)18(26)27-22-16(24)9-3-1-2-4-10(9)17(22)25/h1-7H,(H,21,23). The lowest BCUT2D eigenvalue weighted by atomic mass is 10.1. The Kier molecular flexibility index (Phi) is 3.98. The molecule has 3 aromatic rings. The number of carbonyl (C=O) groups excluding carboxylic acids is 3. The number of hydrogen-bond donors (Lipinski definition) is 1. The number of hydrogen-bond acceptors (Lipinski definition) is 5. The number of nitrogens with one attached hydrogen (secondary N) is 1. The van der Waals surface area contributed by atoms with Gasteiger partial charge in [-0.25, -0.2) is 4.79 Å². The van der Waals surface area contributed by atoms with Gasteiger partial charge >= 0.3 is 5.97 Å². The zero-order chi connectivity index (χ0) is 19.3. The van der Waals surface area contributed by atoms with E-state index in [-0.39, 0.29) is 26.7 Å². The highest BCUT2D eigenvalue weighted by Gasteiger charge is 2.39. The molecule has 0 bridgehead atoms. The fraction of sp³-hybridized carbons (Fsp3) is 0. The third kappa shape index (κ3) is 2.68. The van der Waals surface area contributed by atoms with Gasteiger partial charge in [0.15, 0.2) is 0 Å². The van der Waals surface area contributed by atoms with E-state index in [1.54, 1.807) is 18.2 Å². The summed E-state index contributed by atoms with van der Waals surface area (Å²) in [4.78, 5) is 56.5. The molecule has 0 saturated heterocycles. The van der Waals surface area contributed by atoms with Gasteiger partial charge in [0.2, 0.25) is 0 Å². The highest BCUT2D eigenvalue weighted by molar-refractivity contribution is 6.45. The molecule has 0 atom stereocenters. The van der Waals surface area contributed by atoms with Crippen molar-refractivity contribution in [3.63, 3.8) is 0 Å². The Bertz CT molecular complexity index is 1180. The van der Waals surface area contributed by atoms with Crippen LogP contribution in [0.5, 0.6) is 0 Å². The molecule has 134 valence electrons. The molecule has 0 radical (unpaired) electrons. The van der Waals surface area contributed by atoms with Gasteiger partial charge in [-0.15, -0.1) is 0 Å². The Morgan fingerprint density at radius 3 is 2.22 bits per heavy atom. The van der Waals surface area contributed by atoms with Crippen LogP contribution in [0.15, 0.2) is 47.3 Å².